The van der Waals surface area contributed by atoms with Crippen LogP contribution >= 0.6 is 11.8 Å². The maximum atomic E-state index is 12.4. The van der Waals surface area contributed by atoms with E-state index in [0.29, 0.717) is 10.5 Å². The van der Waals surface area contributed by atoms with Gasteiger partial charge in [-0.15, -0.1) is 0 Å². The lowest BCUT2D eigenvalue weighted by molar-refractivity contribution is -0.387. The van der Waals surface area contributed by atoms with Gasteiger partial charge in [-0.1, -0.05) is 49.2 Å². The van der Waals surface area contributed by atoms with E-state index in [9.17, 15) is 14.9 Å². The van der Waals surface area contributed by atoms with Crippen molar-refractivity contribution in [2.45, 2.75) is 47.9 Å². The molecule has 1 fully saturated rings. The molecule has 130 valence electrons. The largest absolute Gasteiger partial charge is 0.349 e. The second-order valence-corrected chi connectivity index (χ2v) is 7.28. The maximum absolute atomic E-state index is 12.4. The molecule has 0 saturated heterocycles. The van der Waals surface area contributed by atoms with Crippen molar-refractivity contribution < 1.29 is 9.72 Å². The zero-order valence-corrected chi connectivity index (χ0v) is 14.6. The molecule has 5 nitrogen and oxygen atoms in total. The van der Waals surface area contributed by atoms with Crippen molar-refractivity contribution in [1.29, 1.82) is 0 Å². The van der Waals surface area contributed by atoms with E-state index < -0.39 is 4.92 Å². The molecule has 1 saturated carbocycles. The molecule has 0 spiro atoms. The fourth-order valence-corrected chi connectivity index (χ4v) is 3.94. The van der Waals surface area contributed by atoms with Gasteiger partial charge in [0.1, 0.15) is 0 Å². The number of nitrogens with zero attached hydrogens (tertiary/aromatic N) is 1. The Labute approximate surface area is 151 Å². The summed E-state index contributed by atoms with van der Waals surface area (Å²) >= 11 is 1.33. The number of nitrogens with one attached hydrogen (secondary N) is 1. The van der Waals surface area contributed by atoms with Crippen molar-refractivity contribution >= 4 is 23.4 Å². The maximum Gasteiger partial charge on any atom is 0.284 e. The summed E-state index contributed by atoms with van der Waals surface area (Å²) in [5, 5.41) is 14.4. The Morgan fingerprint density at radius 2 is 1.80 bits per heavy atom. The van der Waals surface area contributed by atoms with Gasteiger partial charge in [-0.25, -0.2) is 0 Å². The van der Waals surface area contributed by atoms with Crippen LogP contribution in [0, 0.1) is 10.1 Å². The lowest BCUT2D eigenvalue weighted by Crippen LogP contribution is -2.36. The number of hydrogen-bond donors (Lipinski definition) is 1. The van der Waals surface area contributed by atoms with Crippen molar-refractivity contribution in [2.75, 3.05) is 0 Å². The van der Waals surface area contributed by atoms with Crippen LogP contribution in [0.1, 0.15) is 42.5 Å². The Morgan fingerprint density at radius 3 is 2.48 bits per heavy atom. The van der Waals surface area contributed by atoms with E-state index in [-0.39, 0.29) is 17.6 Å². The third-order valence-corrected chi connectivity index (χ3v) is 5.40. The van der Waals surface area contributed by atoms with Crippen LogP contribution in [-0.2, 0) is 0 Å². The number of amides is 1. The Bertz CT molecular complexity index is 759. The van der Waals surface area contributed by atoms with E-state index in [1.807, 2.05) is 30.3 Å². The lowest BCUT2D eigenvalue weighted by atomic mass is 9.95. The molecule has 6 heteroatoms. The zero-order chi connectivity index (χ0) is 17.6. The number of nitro benzene ring substituents is 1. The first-order valence-electron chi connectivity index (χ1n) is 8.46. The highest BCUT2D eigenvalue weighted by Gasteiger charge is 2.21. The highest BCUT2D eigenvalue weighted by molar-refractivity contribution is 7.99. The van der Waals surface area contributed by atoms with Gasteiger partial charge < -0.3 is 5.32 Å². The SMILES string of the molecule is O=C(NC1CCCCC1)c1ccc(Sc2ccccc2)c([N+](=O)[O-])c1. The van der Waals surface area contributed by atoms with E-state index in [1.165, 1.54) is 24.2 Å². The number of hydrogen-bond acceptors (Lipinski definition) is 4. The average Bonchev–Trinajstić information content (AvgIpc) is 2.63. The third-order valence-electron chi connectivity index (χ3n) is 4.33. The standard InChI is InChI=1S/C19H20N2O3S/c22-19(20-15-7-3-1-4-8-15)14-11-12-18(17(13-14)21(23)24)25-16-9-5-2-6-10-16/h2,5-6,9-13,15H,1,3-4,7-8H2,(H,20,22). The van der Waals surface area contributed by atoms with Crippen molar-refractivity contribution in [2.24, 2.45) is 0 Å². The molecule has 0 unspecified atom stereocenters. The van der Waals surface area contributed by atoms with E-state index in [1.54, 1.807) is 12.1 Å². The van der Waals surface area contributed by atoms with E-state index in [2.05, 4.69) is 5.32 Å². The predicted molar refractivity (Wildman–Crippen MR) is 98.0 cm³/mol. The topological polar surface area (TPSA) is 72.2 Å². The van der Waals surface area contributed by atoms with Gasteiger partial charge in [0, 0.05) is 22.6 Å². The smallest absolute Gasteiger partial charge is 0.284 e. The molecule has 3 rings (SSSR count). The first-order chi connectivity index (χ1) is 12.1. The molecular formula is C19H20N2O3S. The van der Waals surface area contributed by atoms with Gasteiger partial charge in [0.15, 0.2) is 0 Å². The number of benzene rings is 2. The first kappa shape index (κ1) is 17.5. The zero-order valence-electron chi connectivity index (χ0n) is 13.8. The minimum Gasteiger partial charge on any atom is -0.349 e. The van der Waals surface area contributed by atoms with Crippen LogP contribution in [0.3, 0.4) is 0 Å². The van der Waals surface area contributed by atoms with E-state index in [0.717, 1.165) is 30.6 Å². The van der Waals surface area contributed by atoms with Crippen molar-refractivity contribution in [3.63, 3.8) is 0 Å². The van der Waals surface area contributed by atoms with Crippen LogP contribution < -0.4 is 5.32 Å². The normalized spacial score (nSPS) is 14.9. The molecule has 0 aromatic heterocycles. The molecule has 1 aliphatic carbocycles. The van der Waals surface area contributed by atoms with Crippen molar-refractivity contribution in [3.05, 3.63) is 64.2 Å². The van der Waals surface area contributed by atoms with E-state index in [4.69, 9.17) is 0 Å². The minimum absolute atomic E-state index is 0.0369. The molecule has 1 aliphatic rings. The first-order valence-corrected chi connectivity index (χ1v) is 9.27. The second kappa shape index (κ2) is 8.16. The van der Waals surface area contributed by atoms with Crippen LogP contribution in [-0.4, -0.2) is 16.9 Å². The molecule has 0 aliphatic heterocycles. The number of rotatable bonds is 5. The molecule has 0 radical (unpaired) electrons. The van der Waals surface area contributed by atoms with Crippen LogP contribution in [0.4, 0.5) is 5.69 Å². The van der Waals surface area contributed by atoms with Gasteiger partial charge >= 0.3 is 0 Å². The average molecular weight is 356 g/mol. The lowest BCUT2D eigenvalue weighted by Gasteiger charge is -2.22. The van der Waals surface area contributed by atoms with Crippen molar-refractivity contribution in [3.8, 4) is 0 Å². The third kappa shape index (κ3) is 4.60. The molecule has 0 atom stereocenters. The second-order valence-electron chi connectivity index (χ2n) is 6.16. The summed E-state index contributed by atoms with van der Waals surface area (Å²) in [4.78, 5) is 24.9. The van der Waals surface area contributed by atoms with Crippen LogP contribution in [0.5, 0.6) is 0 Å². The molecule has 2 aromatic rings. The van der Waals surface area contributed by atoms with Crippen molar-refractivity contribution in [1.82, 2.24) is 5.32 Å². The Hall–Kier alpha value is -2.34. The summed E-state index contributed by atoms with van der Waals surface area (Å²) in [5.74, 6) is -0.230. The summed E-state index contributed by atoms with van der Waals surface area (Å²) < 4.78 is 0. The van der Waals surface area contributed by atoms with Crippen LogP contribution in [0.25, 0.3) is 0 Å². The quantitative estimate of drug-likeness (QED) is 0.616. The summed E-state index contributed by atoms with van der Waals surface area (Å²) in [7, 11) is 0. The number of nitro groups is 1. The molecule has 0 bridgehead atoms. The molecule has 1 N–H and O–H groups in total. The Kier molecular flexibility index (Phi) is 5.71. The molecular weight excluding hydrogens is 336 g/mol. The monoisotopic (exact) mass is 356 g/mol. The van der Waals surface area contributed by atoms with Crippen LogP contribution in [0.2, 0.25) is 0 Å². The highest BCUT2D eigenvalue weighted by atomic mass is 32.2. The van der Waals surface area contributed by atoms with Gasteiger partial charge in [-0.05, 0) is 37.1 Å². The predicted octanol–water partition coefficient (Wildman–Crippen LogP) is 4.81. The summed E-state index contributed by atoms with van der Waals surface area (Å²) in [6.45, 7) is 0. The van der Waals surface area contributed by atoms with E-state index >= 15 is 0 Å². The fraction of sp³-hybridized carbons (Fsp3) is 0.316. The van der Waals surface area contributed by atoms with Gasteiger partial charge in [-0.3, -0.25) is 14.9 Å². The minimum atomic E-state index is -0.428. The Balaban J connectivity index is 1.78. The number of carbonyl (C=O) groups excluding carboxylic acids is 1. The summed E-state index contributed by atoms with van der Waals surface area (Å²) in [5.41, 5.74) is 0.305. The Morgan fingerprint density at radius 1 is 1.08 bits per heavy atom. The van der Waals surface area contributed by atoms with Gasteiger partial charge in [0.25, 0.3) is 11.6 Å². The fourth-order valence-electron chi connectivity index (χ4n) is 3.02. The van der Waals surface area contributed by atoms with Gasteiger partial charge in [-0.2, -0.15) is 0 Å². The van der Waals surface area contributed by atoms with Gasteiger partial charge in [0.2, 0.25) is 0 Å². The molecule has 25 heavy (non-hydrogen) atoms. The molecule has 2 aromatic carbocycles. The summed E-state index contributed by atoms with van der Waals surface area (Å²) in [6, 6.07) is 14.4. The van der Waals surface area contributed by atoms with Crippen LogP contribution in [0.15, 0.2) is 58.3 Å². The number of carbonyl (C=O) groups is 1. The highest BCUT2D eigenvalue weighted by Crippen LogP contribution is 2.35. The molecule has 0 heterocycles. The summed E-state index contributed by atoms with van der Waals surface area (Å²) in [6.07, 6.45) is 5.42. The molecule has 1 amide bonds. The van der Waals surface area contributed by atoms with Gasteiger partial charge in [0.05, 0.1) is 9.82 Å².